The molecule has 5 nitrogen and oxygen atoms in total. The number of carbonyl (C=O) groups excluding carboxylic acids is 1. The van der Waals surface area contributed by atoms with E-state index in [2.05, 4.69) is 15.2 Å². The Hall–Kier alpha value is -2.17. The Labute approximate surface area is 130 Å². The molecule has 2 heterocycles. The molecule has 2 aromatic rings. The van der Waals surface area contributed by atoms with Crippen LogP contribution in [0.4, 0.5) is 0 Å². The van der Waals surface area contributed by atoms with Crippen LogP contribution in [0, 0.1) is 5.92 Å². The summed E-state index contributed by atoms with van der Waals surface area (Å²) in [6.45, 7) is 0.833. The Morgan fingerprint density at radius 1 is 1.27 bits per heavy atom. The summed E-state index contributed by atoms with van der Waals surface area (Å²) in [5, 5.41) is 7.05. The van der Waals surface area contributed by atoms with Crippen molar-refractivity contribution >= 4 is 5.91 Å². The number of aromatic nitrogens is 3. The summed E-state index contributed by atoms with van der Waals surface area (Å²) in [4.78, 5) is 18.6. The van der Waals surface area contributed by atoms with Gasteiger partial charge in [0.2, 0.25) is 0 Å². The highest BCUT2D eigenvalue weighted by molar-refractivity contribution is 5.99. The maximum atomic E-state index is 12.7. The van der Waals surface area contributed by atoms with Crippen molar-refractivity contribution < 1.29 is 4.79 Å². The Bertz CT molecular complexity index is 617. The maximum Gasteiger partial charge on any atom is 0.257 e. The molecule has 0 atom stereocenters. The van der Waals surface area contributed by atoms with Crippen molar-refractivity contribution in [3.8, 4) is 11.3 Å². The monoisotopic (exact) mass is 298 g/mol. The number of hydrogen-bond donors (Lipinski definition) is 1. The van der Waals surface area contributed by atoms with Gasteiger partial charge in [-0.05, 0) is 30.9 Å². The number of nitrogens with one attached hydrogen (secondary N) is 1. The minimum absolute atomic E-state index is 0.0335. The Kier molecular flexibility index (Phi) is 4.51. The van der Waals surface area contributed by atoms with Crippen molar-refractivity contribution in [2.45, 2.75) is 32.1 Å². The fourth-order valence-electron chi connectivity index (χ4n) is 3.23. The number of pyridine rings is 1. The number of amides is 1. The summed E-state index contributed by atoms with van der Waals surface area (Å²) in [5.74, 6) is 0.671. The number of rotatable bonds is 4. The largest absolute Gasteiger partial charge is 0.341 e. The minimum atomic E-state index is 0.0335. The molecule has 1 amide bonds. The highest BCUT2D eigenvalue weighted by atomic mass is 16.2. The van der Waals surface area contributed by atoms with Gasteiger partial charge in [0, 0.05) is 37.7 Å². The zero-order chi connectivity index (χ0) is 15.4. The lowest BCUT2D eigenvalue weighted by atomic mass is 9.89. The third-order valence-corrected chi connectivity index (χ3v) is 4.43. The van der Waals surface area contributed by atoms with Crippen LogP contribution in [0.1, 0.15) is 42.5 Å². The highest BCUT2D eigenvalue weighted by Gasteiger charge is 2.22. The maximum absolute atomic E-state index is 12.7. The molecule has 0 spiro atoms. The Morgan fingerprint density at radius 2 is 2.00 bits per heavy atom. The summed E-state index contributed by atoms with van der Waals surface area (Å²) in [7, 11) is 1.89. The molecule has 0 aromatic carbocycles. The molecule has 3 rings (SSSR count). The molecule has 1 N–H and O–H groups in total. The Balaban J connectivity index is 1.73. The van der Waals surface area contributed by atoms with Gasteiger partial charge in [-0.1, -0.05) is 19.3 Å². The number of carbonyl (C=O) groups is 1. The normalized spacial score (nSPS) is 15.7. The predicted octanol–water partition coefficient (Wildman–Crippen LogP) is 3.12. The van der Waals surface area contributed by atoms with E-state index < -0.39 is 0 Å². The summed E-state index contributed by atoms with van der Waals surface area (Å²) in [6, 6.07) is 3.74. The van der Waals surface area contributed by atoms with E-state index in [0.717, 1.165) is 12.1 Å². The second-order valence-electron chi connectivity index (χ2n) is 6.07. The zero-order valence-electron chi connectivity index (χ0n) is 13.0. The van der Waals surface area contributed by atoms with E-state index in [-0.39, 0.29) is 5.91 Å². The minimum Gasteiger partial charge on any atom is -0.341 e. The second kappa shape index (κ2) is 6.73. The molecule has 0 bridgehead atoms. The van der Waals surface area contributed by atoms with E-state index in [1.54, 1.807) is 18.6 Å². The van der Waals surface area contributed by atoms with Crippen LogP contribution in [-0.4, -0.2) is 39.6 Å². The first-order chi connectivity index (χ1) is 10.8. The summed E-state index contributed by atoms with van der Waals surface area (Å²) < 4.78 is 0. The first-order valence-corrected chi connectivity index (χ1v) is 7.95. The summed E-state index contributed by atoms with van der Waals surface area (Å²) >= 11 is 0. The highest BCUT2D eigenvalue weighted by Crippen LogP contribution is 2.26. The van der Waals surface area contributed by atoms with Gasteiger partial charge in [-0.3, -0.25) is 14.9 Å². The van der Waals surface area contributed by atoms with Crippen molar-refractivity contribution in [1.29, 1.82) is 0 Å². The molecule has 0 saturated heterocycles. The van der Waals surface area contributed by atoms with Crippen molar-refractivity contribution in [2.24, 2.45) is 5.92 Å². The van der Waals surface area contributed by atoms with E-state index in [4.69, 9.17) is 0 Å². The lowest BCUT2D eigenvalue weighted by Gasteiger charge is -2.27. The van der Waals surface area contributed by atoms with Crippen LogP contribution in [0.2, 0.25) is 0 Å². The van der Waals surface area contributed by atoms with E-state index in [9.17, 15) is 4.79 Å². The first-order valence-electron chi connectivity index (χ1n) is 7.95. The average molecular weight is 298 g/mol. The molecule has 1 aliphatic carbocycles. The number of hydrogen-bond acceptors (Lipinski definition) is 3. The van der Waals surface area contributed by atoms with Gasteiger partial charge >= 0.3 is 0 Å². The van der Waals surface area contributed by atoms with Crippen LogP contribution in [0.15, 0.2) is 30.7 Å². The van der Waals surface area contributed by atoms with Crippen LogP contribution in [0.5, 0.6) is 0 Å². The fourth-order valence-corrected chi connectivity index (χ4v) is 3.23. The van der Waals surface area contributed by atoms with Crippen LogP contribution in [0.3, 0.4) is 0 Å². The number of aromatic amines is 1. The molecule has 1 saturated carbocycles. The van der Waals surface area contributed by atoms with Gasteiger partial charge < -0.3 is 4.90 Å². The van der Waals surface area contributed by atoms with Gasteiger partial charge in [0.05, 0.1) is 5.56 Å². The lowest BCUT2D eigenvalue weighted by Crippen LogP contribution is -2.32. The predicted molar refractivity (Wildman–Crippen MR) is 85.4 cm³/mol. The smallest absolute Gasteiger partial charge is 0.257 e. The number of H-pyrrole nitrogens is 1. The van der Waals surface area contributed by atoms with Crippen molar-refractivity contribution in [1.82, 2.24) is 20.1 Å². The van der Waals surface area contributed by atoms with Gasteiger partial charge in [0.15, 0.2) is 0 Å². The van der Waals surface area contributed by atoms with Crippen molar-refractivity contribution in [2.75, 3.05) is 13.6 Å². The van der Waals surface area contributed by atoms with E-state index >= 15 is 0 Å². The zero-order valence-corrected chi connectivity index (χ0v) is 13.0. The quantitative estimate of drug-likeness (QED) is 0.943. The van der Waals surface area contributed by atoms with Gasteiger partial charge in [0.1, 0.15) is 5.69 Å². The van der Waals surface area contributed by atoms with Crippen molar-refractivity contribution in [3.63, 3.8) is 0 Å². The molecule has 1 fully saturated rings. The average Bonchev–Trinajstić information content (AvgIpc) is 3.05. The third-order valence-electron chi connectivity index (χ3n) is 4.43. The van der Waals surface area contributed by atoms with Crippen LogP contribution >= 0.6 is 0 Å². The topological polar surface area (TPSA) is 61.9 Å². The summed E-state index contributed by atoms with van der Waals surface area (Å²) in [6.07, 6.45) is 11.5. The van der Waals surface area contributed by atoms with Crippen molar-refractivity contribution in [3.05, 3.63) is 36.3 Å². The molecule has 116 valence electrons. The molecular weight excluding hydrogens is 276 g/mol. The van der Waals surface area contributed by atoms with Gasteiger partial charge in [-0.15, -0.1) is 0 Å². The standard InChI is InChI=1S/C17H22N4O/c1-21(12-13-5-3-2-4-6-13)17(22)15-11-19-20-16(15)14-7-9-18-10-8-14/h7-11,13H,2-6,12H2,1H3,(H,19,20). The van der Waals surface area contributed by atoms with Gasteiger partial charge in [-0.25, -0.2) is 0 Å². The molecule has 0 radical (unpaired) electrons. The van der Waals surface area contributed by atoms with Gasteiger partial charge in [-0.2, -0.15) is 5.10 Å². The van der Waals surface area contributed by atoms with E-state index in [1.165, 1.54) is 32.1 Å². The fraction of sp³-hybridized carbons (Fsp3) is 0.471. The molecule has 0 unspecified atom stereocenters. The second-order valence-corrected chi connectivity index (χ2v) is 6.07. The SMILES string of the molecule is CN(CC1CCCCC1)C(=O)c1c[nH]nc1-c1ccncc1. The molecule has 0 aliphatic heterocycles. The van der Waals surface area contributed by atoms with Crippen LogP contribution in [0.25, 0.3) is 11.3 Å². The van der Waals surface area contributed by atoms with Crippen LogP contribution in [-0.2, 0) is 0 Å². The molecule has 1 aliphatic rings. The molecular formula is C17H22N4O. The molecule has 22 heavy (non-hydrogen) atoms. The molecule has 5 heteroatoms. The first kappa shape index (κ1) is 14.8. The van der Waals surface area contributed by atoms with E-state index in [0.29, 0.717) is 17.2 Å². The Morgan fingerprint density at radius 3 is 2.73 bits per heavy atom. The third kappa shape index (κ3) is 3.18. The number of nitrogens with zero attached hydrogens (tertiary/aromatic N) is 3. The van der Waals surface area contributed by atoms with Gasteiger partial charge in [0.25, 0.3) is 5.91 Å². The summed E-state index contributed by atoms with van der Waals surface area (Å²) in [5.41, 5.74) is 2.23. The lowest BCUT2D eigenvalue weighted by molar-refractivity contribution is 0.0761. The van der Waals surface area contributed by atoms with E-state index in [1.807, 2.05) is 24.1 Å². The molecule has 2 aromatic heterocycles. The van der Waals surface area contributed by atoms with Crippen LogP contribution < -0.4 is 0 Å².